The number of carboxylic acids is 1. The van der Waals surface area contributed by atoms with E-state index in [2.05, 4.69) is 15.0 Å². The largest absolute Gasteiger partial charge is 0.480 e. The lowest BCUT2D eigenvalue weighted by molar-refractivity contribution is -0.138. The van der Waals surface area contributed by atoms with Gasteiger partial charge in [0.25, 0.3) is 0 Å². The van der Waals surface area contributed by atoms with Gasteiger partial charge in [0.05, 0.1) is 18.3 Å². The quantitative estimate of drug-likeness (QED) is 0.543. The Bertz CT molecular complexity index is 821. The van der Waals surface area contributed by atoms with E-state index in [-0.39, 0.29) is 10.9 Å². The number of aliphatic hydroxyl groups excluding tert-OH is 1. The topological polar surface area (TPSA) is 136 Å². The highest BCUT2D eigenvalue weighted by molar-refractivity contribution is 7.96. The van der Waals surface area contributed by atoms with Crippen molar-refractivity contribution in [3.63, 3.8) is 0 Å². The van der Waals surface area contributed by atoms with E-state index in [1.54, 1.807) is 6.92 Å². The van der Waals surface area contributed by atoms with Crippen molar-refractivity contribution in [3.05, 3.63) is 18.3 Å². The van der Waals surface area contributed by atoms with Crippen molar-refractivity contribution < 1.29 is 24.1 Å². The zero-order chi connectivity index (χ0) is 19.7. The minimum absolute atomic E-state index is 0.271. The second-order valence-electron chi connectivity index (χ2n) is 6.67. The van der Waals surface area contributed by atoms with Crippen molar-refractivity contribution >= 4 is 28.0 Å². The number of alkyl halides is 1. The van der Waals surface area contributed by atoms with E-state index in [1.165, 1.54) is 17.2 Å². The van der Waals surface area contributed by atoms with Crippen molar-refractivity contribution in [2.75, 3.05) is 17.8 Å². The molecule has 0 aromatic carbocycles. The molecule has 1 saturated heterocycles. The Morgan fingerprint density at radius 2 is 2.22 bits per heavy atom. The second kappa shape index (κ2) is 8.05. The number of nitrogens with zero attached hydrogens (tertiary/aromatic N) is 4. The van der Waals surface area contributed by atoms with Crippen LogP contribution in [0.25, 0.3) is 11.2 Å². The minimum atomic E-state index is -1.62. The van der Waals surface area contributed by atoms with Gasteiger partial charge in [0.1, 0.15) is 41.6 Å². The summed E-state index contributed by atoms with van der Waals surface area (Å²) in [5.74, 6) is -0.0509. The van der Waals surface area contributed by atoms with Gasteiger partial charge in [-0.2, -0.15) is 0 Å². The Morgan fingerprint density at radius 1 is 1.48 bits per heavy atom. The van der Waals surface area contributed by atoms with Crippen LogP contribution in [0.5, 0.6) is 0 Å². The van der Waals surface area contributed by atoms with Crippen LogP contribution in [0.15, 0.2) is 12.7 Å². The van der Waals surface area contributed by atoms with Gasteiger partial charge in [0.15, 0.2) is 18.0 Å². The van der Waals surface area contributed by atoms with Crippen LogP contribution >= 0.6 is 0 Å². The Kier molecular flexibility index (Phi) is 5.94. The minimum Gasteiger partial charge on any atom is -0.480 e. The van der Waals surface area contributed by atoms with Crippen LogP contribution in [-0.4, -0.2) is 77.9 Å². The van der Waals surface area contributed by atoms with E-state index in [0.717, 1.165) is 0 Å². The van der Waals surface area contributed by atoms with Gasteiger partial charge in [-0.05, 0) is 17.8 Å². The fraction of sp³-hybridized carbons (Fsp3) is 0.625. The highest BCUT2D eigenvalue weighted by Gasteiger charge is 2.47. The molecule has 0 spiro atoms. The lowest BCUT2D eigenvalue weighted by Crippen LogP contribution is -2.36. The molecule has 2 aromatic rings. The molecule has 3 rings (SSSR count). The Labute approximate surface area is 158 Å². The molecule has 0 bridgehead atoms. The molecule has 6 atom stereocenters. The van der Waals surface area contributed by atoms with Crippen LogP contribution < -0.4 is 5.73 Å². The molecule has 1 unspecified atom stereocenters. The predicted molar refractivity (Wildman–Crippen MR) is 98.1 cm³/mol. The zero-order valence-corrected chi connectivity index (χ0v) is 15.8. The molecule has 0 saturated carbocycles. The summed E-state index contributed by atoms with van der Waals surface area (Å²) < 4.78 is 22.0. The van der Waals surface area contributed by atoms with Gasteiger partial charge in [0, 0.05) is 6.42 Å². The van der Waals surface area contributed by atoms with E-state index < -0.39 is 36.6 Å². The van der Waals surface area contributed by atoms with Gasteiger partial charge in [-0.1, -0.05) is 0 Å². The number of carboxylic acid groups (broad SMARTS) is 1. The smallest absolute Gasteiger partial charge is 0.320 e. The summed E-state index contributed by atoms with van der Waals surface area (Å²) in [4.78, 5) is 23.2. The number of halogens is 1. The number of aliphatic carboxylic acids is 1. The van der Waals surface area contributed by atoms with Crippen LogP contribution in [0.4, 0.5) is 4.39 Å². The zero-order valence-electron chi connectivity index (χ0n) is 15.0. The molecule has 1 aliphatic heterocycles. The maximum absolute atomic E-state index is 14.7. The fourth-order valence-corrected chi connectivity index (χ4v) is 4.70. The van der Waals surface area contributed by atoms with E-state index in [1.807, 2.05) is 6.26 Å². The molecule has 11 heteroatoms. The molecule has 0 amide bonds. The summed E-state index contributed by atoms with van der Waals surface area (Å²) >= 11 is 0. The van der Waals surface area contributed by atoms with Crippen LogP contribution in [0.1, 0.15) is 18.3 Å². The SMILES string of the molecule is Cc1ncnc2c1ncn2[C@@H]1O[C@H](C[S+](C)CC[C@H](N)C(=O)O)[C@@H](O)[C@H]1F. The summed E-state index contributed by atoms with van der Waals surface area (Å²) in [6, 6.07) is -0.920. The molecule has 148 valence electrons. The summed E-state index contributed by atoms with van der Waals surface area (Å²) in [5.41, 5.74) is 7.20. The first-order valence-corrected chi connectivity index (χ1v) is 10.5. The predicted octanol–water partition coefficient (Wildman–Crippen LogP) is -0.219. The highest BCUT2D eigenvalue weighted by Crippen LogP contribution is 2.34. The number of imidazole rings is 1. The van der Waals surface area contributed by atoms with Gasteiger partial charge in [0.2, 0.25) is 0 Å². The van der Waals surface area contributed by atoms with E-state index >= 15 is 0 Å². The average molecular weight is 400 g/mol. The summed E-state index contributed by atoms with van der Waals surface area (Å²) in [6.07, 6.45) is 0.441. The van der Waals surface area contributed by atoms with E-state index in [9.17, 15) is 14.3 Å². The molecule has 1 fully saturated rings. The number of ether oxygens (including phenoxy) is 1. The van der Waals surface area contributed by atoms with Crippen molar-refractivity contribution in [1.29, 1.82) is 0 Å². The Hall–Kier alpha value is -1.82. The number of hydrogen-bond acceptors (Lipinski definition) is 7. The van der Waals surface area contributed by atoms with Crippen molar-refractivity contribution in [2.24, 2.45) is 5.73 Å². The lowest BCUT2D eigenvalue weighted by atomic mass is 10.2. The lowest BCUT2D eigenvalue weighted by Gasteiger charge is -2.15. The van der Waals surface area contributed by atoms with Crippen LogP contribution in [0.2, 0.25) is 0 Å². The van der Waals surface area contributed by atoms with E-state index in [0.29, 0.717) is 34.8 Å². The van der Waals surface area contributed by atoms with Crippen molar-refractivity contribution in [3.8, 4) is 0 Å². The van der Waals surface area contributed by atoms with Gasteiger partial charge in [-0.25, -0.2) is 19.3 Å². The van der Waals surface area contributed by atoms with Gasteiger partial charge < -0.3 is 20.7 Å². The number of rotatable bonds is 7. The van der Waals surface area contributed by atoms with Crippen LogP contribution in [-0.2, 0) is 20.4 Å². The molecule has 1 aliphatic rings. The maximum atomic E-state index is 14.7. The number of nitrogens with two attached hydrogens (primary N) is 1. The summed E-state index contributed by atoms with van der Waals surface area (Å²) in [5, 5.41) is 19.1. The first-order chi connectivity index (χ1) is 12.8. The Morgan fingerprint density at radius 3 is 2.93 bits per heavy atom. The average Bonchev–Trinajstić information content (AvgIpc) is 3.17. The molecule has 4 N–H and O–H groups in total. The van der Waals surface area contributed by atoms with Crippen molar-refractivity contribution in [2.45, 2.75) is 44.0 Å². The third-order valence-electron chi connectivity index (χ3n) is 4.65. The summed E-state index contributed by atoms with van der Waals surface area (Å²) in [7, 11) is -0.271. The van der Waals surface area contributed by atoms with Gasteiger partial charge in [-0.3, -0.25) is 9.36 Å². The number of aromatic nitrogens is 4. The number of carbonyl (C=O) groups is 1. The maximum Gasteiger partial charge on any atom is 0.320 e. The molecular weight excluding hydrogens is 377 g/mol. The first-order valence-electron chi connectivity index (χ1n) is 8.49. The molecule has 0 aliphatic carbocycles. The monoisotopic (exact) mass is 400 g/mol. The third-order valence-corrected chi connectivity index (χ3v) is 6.48. The van der Waals surface area contributed by atoms with Crippen molar-refractivity contribution in [1.82, 2.24) is 19.5 Å². The normalized spacial score (nSPS) is 27.7. The molecule has 0 radical (unpaired) electrons. The van der Waals surface area contributed by atoms with Gasteiger partial charge in [-0.15, -0.1) is 0 Å². The highest BCUT2D eigenvalue weighted by atomic mass is 32.2. The van der Waals surface area contributed by atoms with E-state index in [4.69, 9.17) is 15.6 Å². The second-order valence-corrected chi connectivity index (χ2v) is 8.97. The fourth-order valence-electron chi connectivity index (χ4n) is 3.04. The number of aryl methyl sites for hydroxylation is 1. The van der Waals surface area contributed by atoms with Crippen LogP contribution in [0, 0.1) is 6.92 Å². The molecular formula is C16H23FN5O4S+. The number of hydrogen-bond donors (Lipinski definition) is 3. The number of fused-ring (bicyclic) bond motifs is 1. The third kappa shape index (κ3) is 4.05. The standard InChI is InChI=1S/C16H22FN5O4S/c1-8-12-14(20-6-19-8)22(7-21-12)15-11(17)13(23)10(26-15)5-27(2)4-3-9(18)16(24)25/h6-7,9-11,13,15,23H,3-5,18H2,1-2H3/p+1/t9-,10+,11+,13+,15+,27?/m0/s1. The molecule has 2 aromatic heterocycles. The number of aliphatic hydroxyl groups is 1. The molecule has 27 heavy (non-hydrogen) atoms. The van der Waals surface area contributed by atoms with Crippen LogP contribution in [0.3, 0.4) is 0 Å². The van der Waals surface area contributed by atoms with Gasteiger partial charge >= 0.3 is 5.97 Å². The Balaban J connectivity index is 1.68. The molecule has 9 nitrogen and oxygen atoms in total. The molecule has 3 heterocycles. The first kappa shape index (κ1) is 19.9. The summed E-state index contributed by atoms with van der Waals surface area (Å²) in [6.45, 7) is 1.78.